The Morgan fingerprint density at radius 3 is 2.24 bits per heavy atom. The molecule has 2 rings (SSSR count). The monoisotopic (exact) mass is 362 g/mol. The van der Waals surface area contributed by atoms with Gasteiger partial charge in [-0.2, -0.15) is 0 Å². The van der Waals surface area contributed by atoms with E-state index in [0.717, 1.165) is 5.56 Å². The predicted octanol–water partition coefficient (Wildman–Crippen LogP) is 3.40. The minimum absolute atomic E-state index is 0.141. The summed E-state index contributed by atoms with van der Waals surface area (Å²) in [5, 5.41) is 2.72. The number of amides is 1. The van der Waals surface area contributed by atoms with E-state index in [1.807, 2.05) is 6.92 Å². The first-order chi connectivity index (χ1) is 11.7. The van der Waals surface area contributed by atoms with E-state index < -0.39 is 10.0 Å². The molecule has 2 aromatic carbocycles. The Kier molecular flexibility index (Phi) is 5.69. The number of anilines is 2. The van der Waals surface area contributed by atoms with Crippen LogP contribution in [0.4, 0.5) is 11.4 Å². The lowest BCUT2D eigenvalue weighted by Gasteiger charge is -2.16. The van der Waals surface area contributed by atoms with Crippen LogP contribution in [0.2, 0.25) is 0 Å². The Labute approximate surface area is 148 Å². The molecule has 0 atom stereocenters. The quantitative estimate of drug-likeness (QED) is 0.825. The van der Waals surface area contributed by atoms with E-state index in [9.17, 15) is 13.2 Å². The van der Waals surface area contributed by atoms with Gasteiger partial charge in [0.1, 0.15) is 5.75 Å². The minimum Gasteiger partial charge on any atom is -0.497 e. The van der Waals surface area contributed by atoms with Gasteiger partial charge < -0.3 is 10.1 Å². The Morgan fingerprint density at radius 1 is 1.04 bits per heavy atom. The molecule has 25 heavy (non-hydrogen) atoms. The lowest BCUT2D eigenvalue weighted by molar-refractivity contribution is -0.118. The zero-order valence-corrected chi connectivity index (χ0v) is 15.5. The molecule has 7 heteroatoms. The first-order valence-electron chi connectivity index (χ1n) is 7.81. The Bertz CT molecular complexity index is 859. The molecule has 0 aliphatic heterocycles. The van der Waals surface area contributed by atoms with Crippen molar-refractivity contribution in [2.75, 3.05) is 17.1 Å². The maximum absolute atomic E-state index is 12.6. The van der Waals surface area contributed by atoms with E-state index in [0.29, 0.717) is 11.4 Å². The fourth-order valence-corrected chi connectivity index (χ4v) is 3.11. The minimum atomic E-state index is -3.79. The number of benzene rings is 2. The summed E-state index contributed by atoms with van der Waals surface area (Å²) in [5.74, 6) is 0.0359. The number of sulfonamides is 1. The second-order valence-corrected chi connectivity index (χ2v) is 7.66. The number of methoxy groups -OCH3 is 1. The van der Waals surface area contributed by atoms with Gasteiger partial charge in [0.2, 0.25) is 5.91 Å². The SMILES string of the molecule is COc1ccc(NC(=O)C(C)C)c(NS(=O)(=O)c2ccc(C)cc2)c1. The van der Waals surface area contributed by atoms with Crippen LogP contribution in [0.25, 0.3) is 0 Å². The molecular weight excluding hydrogens is 340 g/mol. The van der Waals surface area contributed by atoms with Gasteiger partial charge in [-0.1, -0.05) is 31.5 Å². The molecule has 1 amide bonds. The molecule has 0 aliphatic carbocycles. The van der Waals surface area contributed by atoms with Crippen LogP contribution in [-0.2, 0) is 14.8 Å². The third kappa shape index (κ3) is 4.73. The highest BCUT2D eigenvalue weighted by Gasteiger charge is 2.18. The van der Waals surface area contributed by atoms with Crippen molar-refractivity contribution in [2.45, 2.75) is 25.7 Å². The van der Waals surface area contributed by atoms with Gasteiger partial charge >= 0.3 is 0 Å². The third-order valence-corrected chi connectivity index (χ3v) is 4.97. The second-order valence-electron chi connectivity index (χ2n) is 5.97. The van der Waals surface area contributed by atoms with E-state index >= 15 is 0 Å². The highest BCUT2D eigenvalue weighted by molar-refractivity contribution is 7.92. The fraction of sp³-hybridized carbons (Fsp3) is 0.278. The number of aryl methyl sites for hydroxylation is 1. The van der Waals surface area contributed by atoms with Gasteiger partial charge in [0, 0.05) is 12.0 Å². The van der Waals surface area contributed by atoms with Crippen molar-refractivity contribution in [1.82, 2.24) is 0 Å². The fourth-order valence-electron chi connectivity index (χ4n) is 2.04. The van der Waals surface area contributed by atoms with Crippen LogP contribution < -0.4 is 14.8 Å². The largest absolute Gasteiger partial charge is 0.497 e. The topological polar surface area (TPSA) is 84.5 Å². The molecule has 2 aromatic rings. The third-order valence-electron chi connectivity index (χ3n) is 3.58. The molecule has 0 aromatic heterocycles. The van der Waals surface area contributed by atoms with Crippen LogP contribution in [0.1, 0.15) is 19.4 Å². The molecular formula is C18H22N2O4S. The van der Waals surface area contributed by atoms with E-state index in [4.69, 9.17) is 4.74 Å². The maximum Gasteiger partial charge on any atom is 0.261 e. The van der Waals surface area contributed by atoms with Crippen molar-refractivity contribution in [1.29, 1.82) is 0 Å². The van der Waals surface area contributed by atoms with Gasteiger partial charge in [-0.05, 0) is 31.2 Å². The predicted molar refractivity (Wildman–Crippen MR) is 98.4 cm³/mol. The normalized spacial score (nSPS) is 11.2. The Hall–Kier alpha value is -2.54. The van der Waals surface area contributed by atoms with E-state index in [-0.39, 0.29) is 22.4 Å². The average molecular weight is 362 g/mol. The lowest BCUT2D eigenvalue weighted by atomic mass is 10.2. The van der Waals surface area contributed by atoms with Gasteiger partial charge in [0.05, 0.1) is 23.4 Å². The van der Waals surface area contributed by atoms with E-state index in [1.165, 1.54) is 25.3 Å². The summed E-state index contributed by atoms with van der Waals surface area (Å²) < 4.78 is 32.9. The molecule has 0 bridgehead atoms. The van der Waals surface area contributed by atoms with Crippen molar-refractivity contribution < 1.29 is 17.9 Å². The summed E-state index contributed by atoms with van der Waals surface area (Å²) in [6.45, 7) is 5.40. The smallest absolute Gasteiger partial charge is 0.261 e. The van der Waals surface area contributed by atoms with Crippen molar-refractivity contribution in [3.63, 3.8) is 0 Å². The van der Waals surface area contributed by atoms with E-state index in [1.54, 1.807) is 38.1 Å². The number of hydrogen-bond donors (Lipinski definition) is 2. The molecule has 0 fully saturated rings. The summed E-state index contributed by atoms with van der Waals surface area (Å²) in [4.78, 5) is 12.1. The summed E-state index contributed by atoms with van der Waals surface area (Å²) in [6, 6.07) is 11.3. The van der Waals surface area contributed by atoms with Crippen molar-refractivity contribution in [3.8, 4) is 5.75 Å². The van der Waals surface area contributed by atoms with Gasteiger partial charge in [0.25, 0.3) is 10.0 Å². The van der Waals surface area contributed by atoms with Crippen LogP contribution >= 0.6 is 0 Å². The standard InChI is InChI=1S/C18H22N2O4S/c1-12(2)18(21)19-16-10-7-14(24-4)11-17(16)20-25(22,23)15-8-5-13(3)6-9-15/h5-12,20H,1-4H3,(H,19,21). The molecule has 0 radical (unpaired) electrons. The number of hydrogen-bond acceptors (Lipinski definition) is 4. The van der Waals surface area contributed by atoms with Crippen molar-refractivity contribution in [3.05, 3.63) is 48.0 Å². The van der Waals surface area contributed by atoms with Crippen molar-refractivity contribution >= 4 is 27.3 Å². The van der Waals surface area contributed by atoms with Crippen LogP contribution in [0.5, 0.6) is 5.75 Å². The molecule has 0 spiro atoms. The summed E-state index contributed by atoms with van der Waals surface area (Å²) in [7, 11) is -2.30. The van der Waals surface area contributed by atoms with Gasteiger partial charge in [-0.25, -0.2) is 8.42 Å². The van der Waals surface area contributed by atoms with Crippen LogP contribution in [0, 0.1) is 12.8 Å². The Morgan fingerprint density at radius 2 is 1.68 bits per heavy atom. The summed E-state index contributed by atoms with van der Waals surface area (Å²) >= 11 is 0. The molecule has 0 heterocycles. The molecule has 134 valence electrons. The van der Waals surface area contributed by atoms with Crippen LogP contribution in [0.3, 0.4) is 0 Å². The summed E-state index contributed by atoms with van der Waals surface area (Å²) in [6.07, 6.45) is 0. The highest BCUT2D eigenvalue weighted by atomic mass is 32.2. The average Bonchev–Trinajstić information content (AvgIpc) is 2.56. The van der Waals surface area contributed by atoms with Crippen LogP contribution in [-0.4, -0.2) is 21.4 Å². The van der Waals surface area contributed by atoms with Crippen LogP contribution in [0.15, 0.2) is 47.4 Å². The molecule has 0 aliphatic rings. The molecule has 2 N–H and O–H groups in total. The summed E-state index contributed by atoms with van der Waals surface area (Å²) in [5.41, 5.74) is 1.58. The first kappa shape index (κ1) is 18.8. The first-order valence-corrected chi connectivity index (χ1v) is 9.29. The second kappa shape index (κ2) is 7.57. The molecule has 6 nitrogen and oxygen atoms in total. The molecule has 0 unspecified atom stereocenters. The van der Waals surface area contributed by atoms with E-state index in [2.05, 4.69) is 10.0 Å². The number of carbonyl (C=O) groups is 1. The van der Waals surface area contributed by atoms with Gasteiger partial charge in [0.15, 0.2) is 0 Å². The maximum atomic E-state index is 12.6. The van der Waals surface area contributed by atoms with Gasteiger partial charge in [-0.15, -0.1) is 0 Å². The lowest BCUT2D eigenvalue weighted by Crippen LogP contribution is -2.20. The van der Waals surface area contributed by atoms with Crippen molar-refractivity contribution in [2.24, 2.45) is 5.92 Å². The number of carbonyl (C=O) groups excluding carboxylic acids is 1. The Balaban J connectivity index is 2.38. The molecule has 0 saturated heterocycles. The highest BCUT2D eigenvalue weighted by Crippen LogP contribution is 2.29. The number of ether oxygens (including phenoxy) is 1. The number of rotatable bonds is 6. The molecule has 0 saturated carbocycles. The number of nitrogens with one attached hydrogen (secondary N) is 2. The zero-order valence-electron chi connectivity index (χ0n) is 14.7. The zero-order chi connectivity index (χ0) is 18.6. The van der Waals surface area contributed by atoms with Gasteiger partial charge in [-0.3, -0.25) is 9.52 Å².